The number of likely N-dealkylation sites (tertiary alicyclic amines) is 1. The maximum absolute atomic E-state index is 11.2. The molecule has 0 bridgehead atoms. The van der Waals surface area contributed by atoms with E-state index >= 15 is 0 Å². The molecule has 0 aromatic carbocycles. The Kier molecular flexibility index (Phi) is 3.29. The molecule has 0 N–H and O–H groups in total. The smallest absolute Gasteiger partial charge is 0.231 e. The van der Waals surface area contributed by atoms with Crippen LogP contribution >= 0.6 is 0 Å². The van der Waals surface area contributed by atoms with Gasteiger partial charge >= 0.3 is 0 Å². The Morgan fingerprint density at radius 1 is 1.23 bits per heavy atom. The van der Waals surface area contributed by atoms with Gasteiger partial charge in [-0.1, -0.05) is 26.0 Å². The third-order valence-corrected chi connectivity index (χ3v) is 2.30. The second-order valence-electron chi connectivity index (χ2n) is 3.03. The number of rotatable bonds is 0. The first-order valence-electron chi connectivity index (χ1n) is 4.95. The van der Waals surface area contributed by atoms with Gasteiger partial charge in [0.1, 0.15) is 0 Å². The Morgan fingerprint density at radius 2 is 1.85 bits per heavy atom. The van der Waals surface area contributed by atoms with E-state index in [-0.39, 0.29) is 5.91 Å². The monoisotopic (exact) mass is 179 g/mol. The molecule has 0 aromatic rings. The number of carbonyl (C=O) groups is 1. The Morgan fingerprint density at radius 3 is 2.46 bits per heavy atom. The van der Waals surface area contributed by atoms with Crippen LogP contribution in [-0.2, 0) is 4.79 Å². The van der Waals surface area contributed by atoms with Gasteiger partial charge < -0.3 is 4.90 Å². The summed E-state index contributed by atoms with van der Waals surface area (Å²) in [4.78, 5) is 12.9. The number of hydrogen-bond acceptors (Lipinski definition) is 1. The van der Waals surface area contributed by atoms with E-state index in [0.717, 1.165) is 18.5 Å². The quantitative estimate of drug-likeness (QED) is 0.559. The van der Waals surface area contributed by atoms with Crippen molar-refractivity contribution in [3.63, 3.8) is 0 Å². The zero-order valence-electron chi connectivity index (χ0n) is 8.63. The van der Waals surface area contributed by atoms with Crippen molar-refractivity contribution in [1.29, 1.82) is 0 Å². The van der Waals surface area contributed by atoms with Gasteiger partial charge in [-0.3, -0.25) is 4.79 Å². The molecule has 1 heterocycles. The third kappa shape index (κ3) is 1.82. The molecule has 2 heteroatoms. The van der Waals surface area contributed by atoms with E-state index in [0.29, 0.717) is 6.42 Å². The summed E-state index contributed by atoms with van der Waals surface area (Å²) in [6.07, 6.45) is 7.12. The van der Waals surface area contributed by atoms with Gasteiger partial charge in [-0.2, -0.15) is 0 Å². The van der Waals surface area contributed by atoms with Gasteiger partial charge in [-0.15, -0.1) is 0 Å². The molecule has 0 unspecified atom stereocenters. The predicted molar refractivity (Wildman–Crippen MR) is 54.1 cm³/mol. The number of nitrogens with zero attached hydrogens (tertiary/aromatic N) is 1. The number of hydrogen-bond donors (Lipinski definition) is 0. The molecular weight excluding hydrogens is 162 g/mol. The summed E-state index contributed by atoms with van der Waals surface area (Å²) < 4.78 is 0. The highest BCUT2D eigenvalue weighted by Crippen LogP contribution is 2.30. The molecule has 0 atom stereocenters. The first-order valence-corrected chi connectivity index (χ1v) is 4.95. The van der Waals surface area contributed by atoms with Crippen LogP contribution in [0.4, 0.5) is 0 Å². The Labute approximate surface area is 79.9 Å². The zero-order valence-corrected chi connectivity index (χ0v) is 8.63. The molecule has 0 saturated carbocycles. The molecule has 72 valence electrons. The van der Waals surface area contributed by atoms with Crippen molar-refractivity contribution in [2.45, 2.75) is 33.1 Å². The van der Waals surface area contributed by atoms with Crippen LogP contribution in [0.25, 0.3) is 0 Å². The SMILES string of the molecule is CC.CN1C(=O)CC2=CCCC=C21. The summed E-state index contributed by atoms with van der Waals surface area (Å²) in [7, 11) is 1.85. The molecule has 1 aliphatic carbocycles. The van der Waals surface area contributed by atoms with E-state index in [2.05, 4.69) is 12.2 Å². The average Bonchev–Trinajstić information content (AvgIpc) is 2.47. The fourth-order valence-electron chi connectivity index (χ4n) is 1.64. The molecule has 2 nitrogen and oxygen atoms in total. The second kappa shape index (κ2) is 4.26. The van der Waals surface area contributed by atoms with E-state index in [4.69, 9.17) is 0 Å². The zero-order chi connectivity index (χ0) is 9.84. The van der Waals surface area contributed by atoms with Crippen molar-refractivity contribution in [2.24, 2.45) is 0 Å². The number of amides is 1. The highest BCUT2D eigenvalue weighted by atomic mass is 16.2. The molecule has 1 fully saturated rings. The summed E-state index contributed by atoms with van der Waals surface area (Å²) in [6.45, 7) is 4.00. The van der Waals surface area contributed by atoms with E-state index in [9.17, 15) is 4.79 Å². The molecule has 0 spiro atoms. The van der Waals surface area contributed by atoms with Gasteiger partial charge in [-0.05, 0) is 18.4 Å². The molecule has 0 aromatic heterocycles. The lowest BCUT2D eigenvalue weighted by atomic mass is 10.0. The summed E-state index contributed by atoms with van der Waals surface area (Å²) in [5.74, 6) is 0.226. The van der Waals surface area contributed by atoms with E-state index < -0.39 is 0 Å². The highest BCUT2D eigenvalue weighted by Gasteiger charge is 2.27. The maximum Gasteiger partial charge on any atom is 0.231 e. The Balaban J connectivity index is 0.000000396. The van der Waals surface area contributed by atoms with Crippen LogP contribution in [0, 0.1) is 0 Å². The van der Waals surface area contributed by atoms with Crippen LogP contribution in [0.1, 0.15) is 33.1 Å². The third-order valence-electron chi connectivity index (χ3n) is 2.30. The Hall–Kier alpha value is -1.05. The van der Waals surface area contributed by atoms with Gasteiger partial charge in [0.25, 0.3) is 0 Å². The van der Waals surface area contributed by atoms with Crippen molar-refractivity contribution in [1.82, 2.24) is 4.90 Å². The van der Waals surface area contributed by atoms with E-state index in [1.165, 1.54) is 5.57 Å². The topological polar surface area (TPSA) is 20.3 Å². The van der Waals surface area contributed by atoms with E-state index in [1.807, 2.05) is 20.9 Å². The van der Waals surface area contributed by atoms with Gasteiger partial charge in [-0.25, -0.2) is 0 Å². The summed E-state index contributed by atoms with van der Waals surface area (Å²) in [5, 5.41) is 0. The number of fused-ring (bicyclic) bond motifs is 1. The van der Waals surface area contributed by atoms with E-state index in [1.54, 1.807) is 4.90 Å². The predicted octanol–water partition coefficient (Wildman–Crippen LogP) is 2.48. The Bertz CT molecular complexity index is 263. The van der Waals surface area contributed by atoms with Crippen LogP contribution in [-0.4, -0.2) is 17.9 Å². The first kappa shape index (κ1) is 10.0. The minimum absolute atomic E-state index is 0.226. The lowest BCUT2D eigenvalue weighted by Crippen LogP contribution is -2.17. The minimum Gasteiger partial charge on any atom is -0.315 e. The second-order valence-corrected chi connectivity index (χ2v) is 3.03. The van der Waals surface area contributed by atoms with Crippen molar-refractivity contribution in [3.05, 3.63) is 23.4 Å². The largest absolute Gasteiger partial charge is 0.315 e. The lowest BCUT2D eigenvalue weighted by molar-refractivity contribution is -0.125. The maximum atomic E-state index is 11.2. The van der Waals surface area contributed by atoms with Crippen LogP contribution in [0.2, 0.25) is 0 Å². The van der Waals surface area contributed by atoms with Gasteiger partial charge in [0.2, 0.25) is 5.91 Å². The number of likely N-dealkylation sites (N-methyl/N-ethyl adjacent to an activating group) is 1. The van der Waals surface area contributed by atoms with Crippen LogP contribution in [0.5, 0.6) is 0 Å². The molecule has 1 saturated heterocycles. The summed E-state index contributed by atoms with van der Waals surface area (Å²) in [5.41, 5.74) is 2.37. The molecular formula is C11H17NO. The van der Waals surface area contributed by atoms with Gasteiger partial charge in [0, 0.05) is 12.7 Å². The number of carbonyl (C=O) groups excluding carboxylic acids is 1. The lowest BCUT2D eigenvalue weighted by Gasteiger charge is -2.13. The van der Waals surface area contributed by atoms with Crippen molar-refractivity contribution >= 4 is 5.91 Å². The van der Waals surface area contributed by atoms with Gasteiger partial charge in [0.05, 0.1) is 6.42 Å². The fourth-order valence-corrected chi connectivity index (χ4v) is 1.64. The summed E-state index contributed by atoms with van der Waals surface area (Å²) >= 11 is 0. The van der Waals surface area contributed by atoms with Crippen molar-refractivity contribution < 1.29 is 4.79 Å². The normalized spacial score (nSPS) is 19.9. The molecule has 13 heavy (non-hydrogen) atoms. The standard InChI is InChI=1S/C9H11NO.C2H6/c1-10-8-5-3-2-4-7(8)6-9(10)11;1-2/h4-5H,2-3,6H2,1H3;1-2H3. The van der Waals surface area contributed by atoms with Crippen LogP contribution < -0.4 is 0 Å². The highest BCUT2D eigenvalue weighted by molar-refractivity contribution is 5.86. The number of allylic oxidation sites excluding steroid dienone is 3. The molecule has 1 amide bonds. The summed E-state index contributed by atoms with van der Waals surface area (Å²) in [6, 6.07) is 0. The molecule has 0 radical (unpaired) electrons. The molecule has 2 aliphatic rings. The first-order chi connectivity index (χ1) is 6.29. The van der Waals surface area contributed by atoms with Crippen molar-refractivity contribution in [2.75, 3.05) is 7.05 Å². The van der Waals surface area contributed by atoms with Crippen LogP contribution in [0.3, 0.4) is 0 Å². The fraction of sp³-hybridized carbons (Fsp3) is 0.545. The molecule has 2 rings (SSSR count). The van der Waals surface area contributed by atoms with Crippen LogP contribution in [0.15, 0.2) is 23.4 Å². The molecule has 1 aliphatic heterocycles. The van der Waals surface area contributed by atoms with Gasteiger partial charge in [0.15, 0.2) is 0 Å². The minimum atomic E-state index is 0.226. The average molecular weight is 179 g/mol. The van der Waals surface area contributed by atoms with Crippen molar-refractivity contribution in [3.8, 4) is 0 Å².